The molecule has 0 saturated heterocycles. The first-order valence-electron chi connectivity index (χ1n) is 10.7. The fourth-order valence-electron chi connectivity index (χ4n) is 3.70. The van der Waals surface area contributed by atoms with Gasteiger partial charge in [-0.3, -0.25) is 0 Å². The van der Waals surface area contributed by atoms with Crippen molar-refractivity contribution in [1.82, 2.24) is 15.6 Å². The number of aryl methyl sites for hydroxylation is 4. The third-order valence-corrected chi connectivity index (χ3v) is 7.63. The van der Waals surface area contributed by atoms with Crippen LogP contribution in [0.25, 0.3) is 0 Å². The van der Waals surface area contributed by atoms with Gasteiger partial charge in [0.2, 0.25) is 0 Å². The molecule has 2 aromatic rings. The van der Waals surface area contributed by atoms with Gasteiger partial charge in [0.15, 0.2) is 15.8 Å². The largest absolute Gasteiger partial charge is 0.357 e. The molecular formula is C22H33IN4O2S2. The number of sulfone groups is 1. The van der Waals surface area contributed by atoms with Crippen LogP contribution in [-0.2, 0) is 35.6 Å². The number of fused-ring (bicyclic) bond motifs is 1. The van der Waals surface area contributed by atoms with Crippen LogP contribution < -0.4 is 10.6 Å². The minimum atomic E-state index is -3.19. The number of benzene rings is 1. The van der Waals surface area contributed by atoms with Gasteiger partial charge < -0.3 is 10.6 Å². The Balaban J connectivity index is 0.00000341. The molecule has 31 heavy (non-hydrogen) atoms. The van der Waals surface area contributed by atoms with Gasteiger partial charge in [-0.1, -0.05) is 12.1 Å². The van der Waals surface area contributed by atoms with Crippen molar-refractivity contribution in [3.8, 4) is 0 Å². The predicted molar refractivity (Wildman–Crippen MR) is 140 cm³/mol. The highest BCUT2D eigenvalue weighted by atomic mass is 127. The number of thiazole rings is 1. The molecule has 0 aliphatic heterocycles. The number of guanidine groups is 1. The lowest BCUT2D eigenvalue weighted by Crippen LogP contribution is -2.37. The van der Waals surface area contributed by atoms with Gasteiger partial charge in [0, 0.05) is 30.6 Å². The van der Waals surface area contributed by atoms with E-state index in [4.69, 9.17) is 4.98 Å². The molecule has 9 heteroatoms. The van der Waals surface area contributed by atoms with Crippen molar-refractivity contribution < 1.29 is 8.42 Å². The quantitative estimate of drug-likeness (QED) is 0.215. The van der Waals surface area contributed by atoms with Crippen molar-refractivity contribution in [3.05, 3.63) is 44.9 Å². The number of nitrogens with zero attached hydrogens (tertiary/aromatic N) is 2. The minimum Gasteiger partial charge on any atom is -0.357 e. The predicted octanol–water partition coefficient (Wildman–Crippen LogP) is 4.04. The van der Waals surface area contributed by atoms with Crippen LogP contribution in [0.5, 0.6) is 0 Å². The van der Waals surface area contributed by atoms with E-state index in [1.54, 1.807) is 6.07 Å². The second-order valence-electron chi connectivity index (χ2n) is 7.78. The molecule has 1 heterocycles. The van der Waals surface area contributed by atoms with E-state index < -0.39 is 9.84 Å². The Morgan fingerprint density at radius 1 is 1.23 bits per heavy atom. The Hall–Kier alpha value is -1.20. The number of nitrogens with one attached hydrogen (secondary N) is 2. The van der Waals surface area contributed by atoms with Crippen molar-refractivity contribution in [2.75, 3.05) is 19.3 Å². The summed E-state index contributed by atoms with van der Waals surface area (Å²) in [5.41, 5.74) is 3.08. The summed E-state index contributed by atoms with van der Waals surface area (Å²) >= 11 is 1.89. The third kappa shape index (κ3) is 7.71. The maximum Gasteiger partial charge on any atom is 0.191 e. The van der Waals surface area contributed by atoms with Gasteiger partial charge in [-0.2, -0.15) is 0 Å². The van der Waals surface area contributed by atoms with Gasteiger partial charge in [0.1, 0.15) is 0 Å². The van der Waals surface area contributed by atoms with E-state index in [-0.39, 0.29) is 24.0 Å². The zero-order valence-electron chi connectivity index (χ0n) is 18.5. The first-order chi connectivity index (χ1) is 14.4. The van der Waals surface area contributed by atoms with Crippen LogP contribution in [0.4, 0.5) is 0 Å². The van der Waals surface area contributed by atoms with E-state index in [0.717, 1.165) is 49.4 Å². The smallest absolute Gasteiger partial charge is 0.191 e. The highest BCUT2D eigenvalue weighted by Crippen LogP contribution is 2.27. The topological polar surface area (TPSA) is 83.5 Å². The summed E-state index contributed by atoms with van der Waals surface area (Å²) in [6, 6.07) is 5.40. The van der Waals surface area contributed by atoms with E-state index in [1.165, 1.54) is 41.1 Å². The molecular weight excluding hydrogens is 543 g/mol. The summed E-state index contributed by atoms with van der Waals surface area (Å²) in [5.74, 6) is 0.778. The second-order valence-corrected chi connectivity index (χ2v) is 10.9. The Bertz CT molecular complexity index is 979. The molecule has 0 unspecified atom stereocenters. The molecule has 0 radical (unpaired) electrons. The average molecular weight is 577 g/mol. The second kappa shape index (κ2) is 12.2. The average Bonchev–Trinajstić information content (AvgIpc) is 3.11. The number of rotatable bonds is 8. The molecule has 3 rings (SSSR count). The first kappa shape index (κ1) is 26.1. The lowest BCUT2D eigenvalue weighted by atomic mass is 10.0. The lowest BCUT2D eigenvalue weighted by Gasteiger charge is -2.11. The third-order valence-electron chi connectivity index (χ3n) is 5.15. The van der Waals surface area contributed by atoms with Crippen LogP contribution in [0.2, 0.25) is 0 Å². The molecule has 172 valence electrons. The van der Waals surface area contributed by atoms with Crippen LogP contribution in [-0.4, -0.2) is 38.7 Å². The fourth-order valence-corrected chi connectivity index (χ4v) is 5.85. The van der Waals surface area contributed by atoms with Crippen molar-refractivity contribution in [3.63, 3.8) is 0 Å². The van der Waals surface area contributed by atoms with E-state index in [9.17, 15) is 8.42 Å². The monoisotopic (exact) mass is 576 g/mol. The van der Waals surface area contributed by atoms with Crippen LogP contribution in [0.1, 0.15) is 52.9 Å². The summed E-state index contributed by atoms with van der Waals surface area (Å²) in [6.07, 6.45) is 8.17. The van der Waals surface area contributed by atoms with Gasteiger partial charge >= 0.3 is 0 Å². The molecule has 0 atom stereocenters. The van der Waals surface area contributed by atoms with Gasteiger partial charge in [-0.25, -0.2) is 18.4 Å². The minimum absolute atomic E-state index is 0. The molecule has 0 fully saturated rings. The Morgan fingerprint density at radius 3 is 2.68 bits per heavy atom. The molecule has 0 spiro atoms. The summed E-state index contributed by atoms with van der Waals surface area (Å²) < 4.78 is 23.5. The Labute approximate surface area is 207 Å². The highest BCUT2D eigenvalue weighted by molar-refractivity contribution is 14.0. The van der Waals surface area contributed by atoms with Crippen molar-refractivity contribution in [2.45, 2.75) is 63.8 Å². The standard InChI is InChI=1S/C22H32N4O2S2.HI/c1-4-23-22(25-15-17-11-12-20(16(2)14-17)30(3,27)28)24-13-7-10-21-26-18-8-5-6-9-19(18)29-21;/h11-12,14H,4-10,13,15H2,1-3H3,(H2,23,24,25);1H. The molecule has 0 saturated carbocycles. The molecule has 6 nitrogen and oxygen atoms in total. The van der Waals surface area contributed by atoms with E-state index in [2.05, 4.69) is 15.6 Å². The van der Waals surface area contributed by atoms with Crippen LogP contribution in [0.15, 0.2) is 28.1 Å². The number of halogens is 1. The summed E-state index contributed by atoms with van der Waals surface area (Å²) in [7, 11) is -3.19. The Morgan fingerprint density at radius 2 is 2.00 bits per heavy atom. The summed E-state index contributed by atoms with van der Waals surface area (Å²) in [4.78, 5) is 11.3. The maximum atomic E-state index is 11.8. The van der Waals surface area contributed by atoms with Crippen LogP contribution in [0.3, 0.4) is 0 Å². The zero-order valence-corrected chi connectivity index (χ0v) is 22.5. The van der Waals surface area contributed by atoms with Gasteiger partial charge in [-0.05, 0) is 63.1 Å². The highest BCUT2D eigenvalue weighted by Gasteiger charge is 2.14. The van der Waals surface area contributed by atoms with Crippen molar-refractivity contribution >= 4 is 51.1 Å². The van der Waals surface area contributed by atoms with Crippen LogP contribution in [0, 0.1) is 6.92 Å². The van der Waals surface area contributed by atoms with Crippen molar-refractivity contribution in [1.29, 1.82) is 0 Å². The van der Waals surface area contributed by atoms with Gasteiger partial charge in [0.25, 0.3) is 0 Å². The molecule has 0 amide bonds. The van der Waals surface area contributed by atoms with Crippen LogP contribution >= 0.6 is 35.3 Å². The number of hydrogen-bond donors (Lipinski definition) is 2. The van der Waals surface area contributed by atoms with E-state index >= 15 is 0 Å². The molecule has 1 aromatic carbocycles. The molecule has 1 aromatic heterocycles. The molecule has 1 aliphatic carbocycles. The molecule has 1 aliphatic rings. The number of aliphatic imine (C=N–C) groups is 1. The Kier molecular flexibility index (Phi) is 10.2. The van der Waals surface area contributed by atoms with E-state index in [0.29, 0.717) is 11.4 Å². The normalized spacial score (nSPS) is 14.0. The summed E-state index contributed by atoms with van der Waals surface area (Å²) in [6.45, 7) is 5.99. The van der Waals surface area contributed by atoms with Gasteiger partial charge in [0.05, 0.1) is 22.1 Å². The number of hydrogen-bond acceptors (Lipinski definition) is 5. The van der Waals surface area contributed by atoms with Gasteiger partial charge in [-0.15, -0.1) is 35.3 Å². The number of aromatic nitrogens is 1. The maximum absolute atomic E-state index is 11.8. The fraction of sp³-hybridized carbons (Fsp3) is 0.545. The molecule has 2 N–H and O–H groups in total. The van der Waals surface area contributed by atoms with E-state index in [1.807, 2.05) is 37.3 Å². The first-order valence-corrected chi connectivity index (χ1v) is 13.4. The molecule has 0 bridgehead atoms. The zero-order chi connectivity index (χ0) is 21.6. The summed E-state index contributed by atoms with van der Waals surface area (Å²) in [5, 5.41) is 7.92. The van der Waals surface area contributed by atoms with Crippen molar-refractivity contribution in [2.24, 2.45) is 4.99 Å². The SMILES string of the molecule is CCNC(=NCc1ccc(S(C)(=O)=O)c(C)c1)NCCCc1nc2c(s1)CCCC2.I. The lowest BCUT2D eigenvalue weighted by molar-refractivity contribution is 0.601.